The molecule has 0 aliphatic rings. The maximum absolute atomic E-state index is 12.5. The van der Waals surface area contributed by atoms with Gasteiger partial charge >= 0.3 is 0 Å². The van der Waals surface area contributed by atoms with Crippen LogP contribution in [0.15, 0.2) is 76.0 Å². The Labute approximate surface area is 192 Å². The van der Waals surface area contributed by atoms with E-state index in [2.05, 4.69) is 15.2 Å². The van der Waals surface area contributed by atoms with Gasteiger partial charge in [0.05, 0.1) is 12.8 Å². The molecule has 0 atom stereocenters. The third kappa shape index (κ3) is 3.80. The molecule has 32 heavy (non-hydrogen) atoms. The number of thioether (sulfide) groups is 1. The second-order valence-electron chi connectivity index (χ2n) is 7.08. The summed E-state index contributed by atoms with van der Waals surface area (Å²) in [6.07, 6.45) is 0. The molecule has 0 saturated carbocycles. The number of ether oxygens (including phenoxy) is 1. The molecular formula is C23H19N5O2S2. The van der Waals surface area contributed by atoms with Crippen LogP contribution in [-0.4, -0.2) is 31.3 Å². The first-order chi connectivity index (χ1) is 15.6. The van der Waals surface area contributed by atoms with Crippen LogP contribution in [0.2, 0.25) is 0 Å². The van der Waals surface area contributed by atoms with Crippen molar-refractivity contribution in [3.05, 3.63) is 87.8 Å². The third-order valence-electron chi connectivity index (χ3n) is 4.95. The predicted molar refractivity (Wildman–Crippen MR) is 127 cm³/mol. The molecule has 0 spiro atoms. The number of thiazole rings is 1. The number of rotatable bonds is 6. The zero-order valence-electron chi connectivity index (χ0n) is 17.4. The van der Waals surface area contributed by atoms with Crippen LogP contribution in [-0.2, 0) is 5.75 Å². The van der Waals surface area contributed by atoms with Crippen molar-refractivity contribution >= 4 is 28.1 Å². The molecule has 0 bridgehead atoms. The van der Waals surface area contributed by atoms with E-state index in [1.165, 1.54) is 23.1 Å². The van der Waals surface area contributed by atoms with Gasteiger partial charge in [0, 0.05) is 34.1 Å². The van der Waals surface area contributed by atoms with Crippen LogP contribution in [0.25, 0.3) is 22.0 Å². The fraction of sp³-hybridized carbons (Fsp3) is 0.130. The van der Waals surface area contributed by atoms with Gasteiger partial charge in [0.25, 0.3) is 5.56 Å². The standard InChI is InChI=1S/C23H19N5O2S2/c1-15-13-31-22-24-17(12-20(29)27(15)22)14-32-23-26-25-21(16-7-6-10-19(11-16)30-2)28(23)18-8-4-3-5-9-18/h3-13H,14H2,1-2H3. The minimum atomic E-state index is -0.0639. The Morgan fingerprint density at radius 2 is 1.91 bits per heavy atom. The minimum absolute atomic E-state index is 0.0639. The molecule has 3 aromatic heterocycles. The van der Waals surface area contributed by atoms with Crippen molar-refractivity contribution in [3.8, 4) is 22.8 Å². The zero-order valence-corrected chi connectivity index (χ0v) is 19.1. The highest BCUT2D eigenvalue weighted by Crippen LogP contribution is 2.31. The largest absolute Gasteiger partial charge is 0.497 e. The average molecular weight is 462 g/mol. The fourth-order valence-electron chi connectivity index (χ4n) is 3.44. The van der Waals surface area contributed by atoms with E-state index >= 15 is 0 Å². The number of aromatic nitrogens is 5. The van der Waals surface area contributed by atoms with Crippen LogP contribution in [0.5, 0.6) is 5.75 Å². The summed E-state index contributed by atoms with van der Waals surface area (Å²) in [4.78, 5) is 17.9. The summed E-state index contributed by atoms with van der Waals surface area (Å²) in [5.41, 5.74) is 3.40. The Hall–Kier alpha value is -3.43. The maximum Gasteiger partial charge on any atom is 0.258 e. The number of nitrogens with zero attached hydrogens (tertiary/aromatic N) is 5. The SMILES string of the molecule is COc1cccc(-c2nnc(SCc3cc(=O)n4c(C)csc4n3)n2-c2ccccc2)c1. The number of methoxy groups -OCH3 is 1. The summed E-state index contributed by atoms with van der Waals surface area (Å²) >= 11 is 2.96. The molecule has 0 amide bonds. The lowest BCUT2D eigenvalue weighted by Crippen LogP contribution is -2.14. The Morgan fingerprint density at radius 1 is 1.06 bits per heavy atom. The predicted octanol–water partition coefficient (Wildman–Crippen LogP) is 4.61. The molecule has 0 saturated heterocycles. The van der Waals surface area contributed by atoms with Crippen LogP contribution < -0.4 is 10.3 Å². The van der Waals surface area contributed by atoms with Gasteiger partial charge in [-0.25, -0.2) is 4.98 Å². The third-order valence-corrected chi connectivity index (χ3v) is 6.86. The van der Waals surface area contributed by atoms with E-state index in [9.17, 15) is 4.79 Å². The van der Waals surface area contributed by atoms with Gasteiger partial charge in [0.15, 0.2) is 15.9 Å². The normalized spacial score (nSPS) is 11.2. The second-order valence-corrected chi connectivity index (χ2v) is 8.86. The number of hydrogen-bond acceptors (Lipinski definition) is 7. The van der Waals surface area contributed by atoms with Crippen LogP contribution in [0, 0.1) is 6.92 Å². The van der Waals surface area contributed by atoms with Crippen molar-refractivity contribution in [2.24, 2.45) is 0 Å². The number of hydrogen-bond donors (Lipinski definition) is 0. The summed E-state index contributed by atoms with van der Waals surface area (Å²) in [5, 5.41) is 11.6. The Kier molecular flexibility index (Phi) is 5.50. The maximum atomic E-state index is 12.5. The van der Waals surface area contributed by atoms with E-state index in [4.69, 9.17) is 4.74 Å². The highest BCUT2D eigenvalue weighted by Gasteiger charge is 2.17. The quantitative estimate of drug-likeness (QED) is 0.344. The first-order valence-corrected chi connectivity index (χ1v) is 11.8. The lowest BCUT2D eigenvalue weighted by molar-refractivity contribution is 0.415. The Morgan fingerprint density at radius 3 is 2.72 bits per heavy atom. The van der Waals surface area contributed by atoms with E-state index in [1.54, 1.807) is 17.6 Å². The lowest BCUT2D eigenvalue weighted by Gasteiger charge is -2.11. The van der Waals surface area contributed by atoms with Crippen molar-refractivity contribution in [1.82, 2.24) is 24.1 Å². The highest BCUT2D eigenvalue weighted by atomic mass is 32.2. The summed E-state index contributed by atoms with van der Waals surface area (Å²) < 4.78 is 9.03. The van der Waals surface area contributed by atoms with Crippen LogP contribution >= 0.6 is 23.1 Å². The molecular weight excluding hydrogens is 442 g/mol. The molecule has 0 aliphatic carbocycles. The van der Waals surface area contributed by atoms with E-state index in [0.29, 0.717) is 16.4 Å². The molecule has 0 unspecified atom stereocenters. The molecule has 0 aliphatic heterocycles. The number of aryl methyl sites for hydroxylation is 1. The molecule has 7 nitrogen and oxygen atoms in total. The number of benzene rings is 2. The van der Waals surface area contributed by atoms with Gasteiger partial charge in [0.2, 0.25) is 0 Å². The van der Waals surface area contributed by atoms with Gasteiger partial charge in [-0.1, -0.05) is 42.1 Å². The van der Waals surface area contributed by atoms with Crippen LogP contribution in [0.4, 0.5) is 0 Å². The number of para-hydroxylation sites is 1. The lowest BCUT2D eigenvalue weighted by atomic mass is 10.2. The van der Waals surface area contributed by atoms with E-state index in [1.807, 2.05) is 71.5 Å². The first kappa shape index (κ1) is 20.5. The second kappa shape index (κ2) is 8.60. The molecule has 160 valence electrons. The summed E-state index contributed by atoms with van der Waals surface area (Å²) in [7, 11) is 1.64. The van der Waals surface area contributed by atoms with Gasteiger partial charge in [0.1, 0.15) is 5.75 Å². The van der Waals surface area contributed by atoms with Gasteiger partial charge in [-0.2, -0.15) is 0 Å². The average Bonchev–Trinajstić information content (AvgIpc) is 3.42. The highest BCUT2D eigenvalue weighted by molar-refractivity contribution is 7.98. The molecule has 9 heteroatoms. The molecule has 0 N–H and O–H groups in total. The molecule has 3 heterocycles. The molecule has 5 aromatic rings. The van der Waals surface area contributed by atoms with Crippen molar-refractivity contribution in [3.63, 3.8) is 0 Å². The zero-order chi connectivity index (χ0) is 22.1. The minimum Gasteiger partial charge on any atom is -0.497 e. The topological polar surface area (TPSA) is 74.3 Å². The van der Waals surface area contributed by atoms with Crippen molar-refractivity contribution in [1.29, 1.82) is 0 Å². The van der Waals surface area contributed by atoms with Gasteiger partial charge in [-0.3, -0.25) is 13.8 Å². The van der Waals surface area contributed by atoms with Crippen molar-refractivity contribution < 1.29 is 4.74 Å². The van der Waals surface area contributed by atoms with Crippen molar-refractivity contribution in [2.75, 3.05) is 7.11 Å². The Balaban J connectivity index is 1.53. The molecule has 2 aromatic carbocycles. The van der Waals surface area contributed by atoms with Gasteiger partial charge < -0.3 is 4.74 Å². The van der Waals surface area contributed by atoms with E-state index in [-0.39, 0.29) is 5.56 Å². The first-order valence-electron chi connectivity index (χ1n) is 9.89. The molecule has 5 rings (SSSR count). The van der Waals surface area contributed by atoms with Gasteiger partial charge in [-0.15, -0.1) is 21.5 Å². The molecule has 0 fully saturated rings. The van der Waals surface area contributed by atoms with Crippen LogP contribution in [0.3, 0.4) is 0 Å². The van der Waals surface area contributed by atoms with Crippen LogP contribution in [0.1, 0.15) is 11.4 Å². The summed E-state index contributed by atoms with van der Waals surface area (Å²) in [6.45, 7) is 1.91. The monoisotopic (exact) mass is 461 g/mol. The van der Waals surface area contributed by atoms with E-state index < -0.39 is 0 Å². The molecule has 0 radical (unpaired) electrons. The smallest absolute Gasteiger partial charge is 0.258 e. The van der Waals surface area contributed by atoms with Gasteiger partial charge in [-0.05, 0) is 31.2 Å². The summed E-state index contributed by atoms with van der Waals surface area (Å²) in [6, 6.07) is 19.3. The van der Waals surface area contributed by atoms with E-state index in [0.717, 1.165) is 33.7 Å². The Bertz CT molecular complexity index is 1460. The van der Waals surface area contributed by atoms with Crippen molar-refractivity contribution in [2.45, 2.75) is 17.8 Å². The number of fused-ring (bicyclic) bond motifs is 1. The fourth-order valence-corrected chi connectivity index (χ4v) is 5.17. The summed E-state index contributed by atoms with van der Waals surface area (Å²) in [5.74, 6) is 1.98.